The van der Waals surface area contributed by atoms with Gasteiger partial charge in [0.1, 0.15) is 11.5 Å². The third-order valence-corrected chi connectivity index (χ3v) is 2.70. The van der Waals surface area contributed by atoms with Crippen LogP contribution in [0.4, 0.5) is 0 Å². The minimum absolute atomic E-state index is 0.00356. The van der Waals surface area contributed by atoms with Crippen molar-refractivity contribution in [1.82, 2.24) is 5.32 Å². The predicted octanol–water partition coefficient (Wildman–Crippen LogP) is 2.56. The summed E-state index contributed by atoms with van der Waals surface area (Å²) in [6, 6.07) is 4.56. The van der Waals surface area contributed by atoms with Crippen LogP contribution in [-0.4, -0.2) is 29.5 Å². The van der Waals surface area contributed by atoms with Crippen LogP contribution in [0, 0.1) is 0 Å². The summed E-state index contributed by atoms with van der Waals surface area (Å²) in [4.78, 5) is 0. The lowest BCUT2D eigenvalue weighted by Crippen LogP contribution is -2.21. The van der Waals surface area contributed by atoms with E-state index in [2.05, 4.69) is 5.32 Å². The molecule has 0 saturated carbocycles. The van der Waals surface area contributed by atoms with Crippen molar-refractivity contribution < 1.29 is 14.9 Å². The van der Waals surface area contributed by atoms with Crippen molar-refractivity contribution >= 4 is 0 Å². The number of nitrogens with one attached hydrogen (secondary N) is 1. The zero-order valence-electron chi connectivity index (χ0n) is 11.3. The van der Waals surface area contributed by atoms with Crippen LogP contribution < -0.4 is 5.32 Å². The third kappa shape index (κ3) is 4.94. The number of phenols is 2. The van der Waals surface area contributed by atoms with Gasteiger partial charge in [0.25, 0.3) is 0 Å². The van der Waals surface area contributed by atoms with Crippen molar-refractivity contribution in [1.29, 1.82) is 0 Å². The second-order valence-corrected chi connectivity index (χ2v) is 4.69. The number of phenolic OH excluding ortho intramolecular Hbond substituents is 2. The first-order valence-electron chi connectivity index (χ1n) is 6.37. The second-order valence-electron chi connectivity index (χ2n) is 4.69. The molecule has 1 rings (SSSR count). The van der Waals surface area contributed by atoms with Gasteiger partial charge in [-0.3, -0.25) is 0 Å². The number of ether oxygens (including phenoxy) is 1. The fourth-order valence-corrected chi connectivity index (χ4v) is 1.71. The normalized spacial score (nSPS) is 12.9. The summed E-state index contributed by atoms with van der Waals surface area (Å²) in [7, 11) is 0. The molecule has 1 atom stereocenters. The largest absolute Gasteiger partial charge is 0.508 e. The third-order valence-electron chi connectivity index (χ3n) is 2.70. The molecule has 1 aromatic rings. The Labute approximate surface area is 109 Å². The van der Waals surface area contributed by atoms with Crippen LogP contribution in [0.25, 0.3) is 0 Å². The molecular formula is C14H23NO3. The maximum atomic E-state index is 9.71. The highest BCUT2D eigenvalue weighted by molar-refractivity contribution is 5.40. The molecule has 0 fully saturated rings. The Kier molecular flexibility index (Phi) is 5.95. The van der Waals surface area contributed by atoms with Gasteiger partial charge in [0.15, 0.2) is 0 Å². The van der Waals surface area contributed by atoms with Gasteiger partial charge in [-0.1, -0.05) is 0 Å². The van der Waals surface area contributed by atoms with Gasteiger partial charge < -0.3 is 20.3 Å². The molecule has 102 valence electrons. The van der Waals surface area contributed by atoms with Crippen LogP contribution >= 0.6 is 0 Å². The maximum Gasteiger partial charge on any atom is 0.120 e. The highest BCUT2D eigenvalue weighted by atomic mass is 16.5. The number of hydrogen-bond donors (Lipinski definition) is 3. The molecule has 4 heteroatoms. The van der Waals surface area contributed by atoms with Crippen LogP contribution in [0.3, 0.4) is 0 Å². The summed E-state index contributed by atoms with van der Waals surface area (Å²) < 4.78 is 5.44. The van der Waals surface area contributed by atoms with Gasteiger partial charge in [0, 0.05) is 18.2 Å². The van der Waals surface area contributed by atoms with Gasteiger partial charge in [-0.15, -0.1) is 0 Å². The summed E-state index contributed by atoms with van der Waals surface area (Å²) in [5.41, 5.74) is 0.708. The van der Waals surface area contributed by atoms with E-state index in [1.807, 2.05) is 20.8 Å². The van der Waals surface area contributed by atoms with Crippen LogP contribution in [0.2, 0.25) is 0 Å². The average Bonchev–Trinajstić information content (AvgIpc) is 2.31. The van der Waals surface area contributed by atoms with Gasteiger partial charge in [-0.05, 0) is 51.9 Å². The van der Waals surface area contributed by atoms with Gasteiger partial charge in [0.05, 0.1) is 6.10 Å². The molecule has 0 spiro atoms. The van der Waals surface area contributed by atoms with Crippen LogP contribution in [0.1, 0.15) is 38.8 Å². The topological polar surface area (TPSA) is 61.7 Å². The van der Waals surface area contributed by atoms with E-state index in [1.54, 1.807) is 6.07 Å². The predicted molar refractivity (Wildman–Crippen MR) is 71.9 cm³/mol. The molecule has 0 amide bonds. The Morgan fingerprint density at radius 1 is 1.22 bits per heavy atom. The monoisotopic (exact) mass is 253 g/mol. The Morgan fingerprint density at radius 2 is 1.94 bits per heavy atom. The highest BCUT2D eigenvalue weighted by Crippen LogP contribution is 2.27. The van der Waals surface area contributed by atoms with Crippen molar-refractivity contribution in [2.24, 2.45) is 0 Å². The maximum absolute atomic E-state index is 9.71. The number of aromatic hydroxyl groups is 2. The summed E-state index contributed by atoms with van der Waals surface area (Å²) in [6.45, 7) is 7.52. The minimum atomic E-state index is -0.00356. The van der Waals surface area contributed by atoms with Crippen molar-refractivity contribution in [2.75, 3.05) is 13.2 Å². The molecule has 4 nitrogen and oxygen atoms in total. The Bertz CT molecular complexity index is 366. The molecule has 1 unspecified atom stereocenters. The molecule has 0 aliphatic rings. The fourth-order valence-electron chi connectivity index (χ4n) is 1.71. The van der Waals surface area contributed by atoms with Crippen molar-refractivity contribution in [3.05, 3.63) is 23.8 Å². The first-order valence-corrected chi connectivity index (χ1v) is 6.37. The van der Waals surface area contributed by atoms with Crippen LogP contribution in [-0.2, 0) is 4.74 Å². The zero-order valence-corrected chi connectivity index (χ0v) is 11.3. The van der Waals surface area contributed by atoms with E-state index in [9.17, 15) is 10.2 Å². The van der Waals surface area contributed by atoms with Crippen LogP contribution in [0.15, 0.2) is 18.2 Å². The van der Waals surface area contributed by atoms with E-state index < -0.39 is 0 Å². The number of benzene rings is 1. The lowest BCUT2D eigenvalue weighted by molar-refractivity contribution is 0.0768. The number of rotatable bonds is 7. The van der Waals surface area contributed by atoms with Crippen molar-refractivity contribution in [3.63, 3.8) is 0 Å². The molecular weight excluding hydrogens is 230 g/mol. The van der Waals surface area contributed by atoms with E-state index in [4.69, 9.17) is 4.74 Å². The SMILES string of the molecule is CC(C)OCCCNC(C)c1cc(O)ccc1O. The van der Waals surface area contributed by atoms with Crippen LogP contribution in [0.5, 0.6) is 11.5 Å². The fraction of sp³-hybridized carbons (Fsp3) is 0.571. The van der Waals surface area contributed by atoms with Gasteiger partial charge in [-0.2, -0.15) is 0 Å². The van der Waals surface area contributed by atoms with E-state index in [1.165, 1.54) is 12.1 Å². The second kappa shape index (κ2) is 7.24. The van der Waals surface area contributed by atoms with E-state index >= 15 is 0 Å². The molecule has 0 aliphatic heterocycles. The Hall–Kier alpha value is -1.26. The summed E-state index contributed by atoms with van der Waals surface area (Å²) in [5, 5.41) is 22.4. The molecule has 0 aromatic heterocycles. The number of hydrogen-bond acceptors (Lipinski definition) is 4. The first-order chi connectivity index (χ1) is 8.50. The highest BCUT2D eigenvalue weighted by Gasteiger charge is 2.10. The van der Waals surface area contributed by atoms with E-state index in [-0.39, 0.29) is 23.6 Å². The first kappa shape index (κ1) is 14.8. The summed E-state index contributed by atoms with van der Waals surface area (Å²) in [6.07, 6.45) is 1.18. The molecule has 0 saturated heterocycles. The Balaban J connectivity index is 2.36. The lowest BCUT2D eigenvalue weighted by Gasteiger charge is -2.16. The molecule has 0 aliphatic carbocycles. The van der Waals surface area contributed by atoms with Gasteiger partial charge >= 0.3 is 0 Å². The lowest BCUT2D eigenvalue weighted by atomic mass is 10.1. The van der Waals surface area contributed by atoms with Gasteiger partial charge in [0.2, 0.25) is 0 Å². The molecule has 1 aromatic carbocycles. The molecule has 0 radical (unpaired) electrons. The minimum Gasteiger partial charge on any atom is -0.508 e. The molecule has 3 N–H and O–H groups in total. The molecule has 18 heavy (non-hydrogen) atoms. The molecule has 0 heterocycles. The van der Waals surface area contributed by atoms with Crippen molar-refractivity contribution in [3.8, 4) is 11.5 Å². The smallest absolute Gasteiger partial charge is 0.120 e. The summed E-state index contributed by atoms with van der Waals surface area (Å²) >= 11 is 0. The quantitative estimate of drug-likeness (QED) is 0.516. The average molecular weight is 253 g/mol. The van der Waals surface area contributed by atoms with Crippen molar-refractivity contribution in [2.45, 2.75) is 39.3 Å². The Morgan fingerprint density at radius 3 is 2.61 bits per heavy atom. The summed E-state index contributed by atoms with van der Waals surface area (Å²) in [5.74, 6) is 0.367. The van der Waals surface area contributed by atoms with E-state index in [0.29, 0.717) is 5.56 Å². The standard InChI is InChI=1S/C14H23NO3/c1-10(2)18-8-4-7-15-11(3)13-9-12(16)5-6-14(13)17/h5-6,9-11,15-17H,4,7-8H2,1-3H3. The van der Waals surface area contributed by atoms with E-state index in [0.717, 1.165) is 19.6 Å². The van der Waals surface area contributed by atoms with Gasteiger partial charge in [-0.25, -0.2) is 0 Å². The zero-order chi connectivity index (χ0) is 13.5. The molecule has 0 bridgehead atoms.